The van der Waals surface area contributed by atoms with Crippen molar-refractivity contribution in [3.8, 4) is 0 Å². The molecule has 1 aliphatic heterocycles. The molecule has 0 amide bonds. The molecule has 0 N–H and O–H groups in total. The molecule has 16 heavy (non-hydrogen) atoms. The van der Waals surface area contributed by atoms with Gasteiger partial charge in [-0.25, -0.2) is 4.98 Å². The fourth-order valence-electron chi connectivity index (χ4n) is 2.09. The second kappa shape index (κ2) is 3.45. The van der Waals surface area contributed by atoms with Crippen LogP contribution in [0.4, 0.5) is 5.82 Å². The Kier molecular flexibility index (Phi) is 2.18. The number of pyridine rings is 1. The molecule has 84 valence electrons. The van der Waals surface area contributed by atoms with Crippen LogP contribution < -0.4 is 4.90 Å². The van der Waals surface area contributed by atoms with E-state index in [0.717, 1.165) is 43.6 Å². The minimum Gasteiger partial charge on any atom is -0.356 e. The summed E-state index contributed by atoms with van der Waals surface area (Å²) < 4.78 is 0. The van der Waals surface area contributed by atoms with E-state index >= 15 is 0 Å². The molecule has 0 spiro atoms. The first-order chi connectivity index (χ1) is 7.75. The lowest BCUT2D eigenvalue weighted by Crippen LogP contribution is -2.37. The Balaban J connectivity index is 1.93. The minimum absolute atomic E-state index is 0.322. The van der Waals surface area contributed by atoms with Gasteiger partial charge in [0, 0.05) is 29.9 Å². The molecule has 0 aromatic carbocycles. The summed E-state index contributed by atoms with van der Waals surface area (Å²) in [7, 11) is 0. The molecule has 3 nitrogen and oxygen atoms in total. The predicted molar refractivity (Wildman–Crippen MR) is 63.1 cm³/mol. The number of carbonyl (C=O) groups excluding carboxylic acids is 1. The lowest BCUT2D eigenvalue weighted by Gasteiger charge is -2.32. The van der Waals surface area contributed by atoms with Crippen LogP contribution >= 0.6 is 11.6 Å². The van der Waals surface area contributed by atoms with Gasteiger partial charge in [-0.2, -0.15) is 0 Å². The molecule has 2 fully saturated rings. The summed E-state index contributed by atoms with van der Waals surface area (Å²) in [6.07, 6.45) is 5.82. The maximum atomic E-state index is 11.0. The van der Waals surface area contributed by atoms with E-state index < -0.39 is 0 Å². The first-order valence-electron chi connectivity index (χ1n) is 5.62. The van der Waals surface area contributed by atoms with Crippen molar-refractivity contribution in [3.05, 3.63) is 22.8 Å². The number of nitrogens with zero attached hydrogens (tertiary/aromatic N) is 2. The third-order valence-electron chi connectivity index (χ3n) is 3.57. The number of aromatic nitrogens is 1. The van der Waals surface area contributed by atoms with E-state index in [1.807, 2.05) is 6.07 Å². The Morgan fingerprint density at radius 3 is 2.62 bits per heavy atom. The van der Waals surface area contributed by atoms with E-state index in [4.69, 9.17) is 11.6 Å². The number of halogens is 1. The van der Waals surface area contributed by atoms with Crippen LogP contribution in [-0.2, 0) is 10.2 Å². The van der Waals surface area contributed by atoms with Crippen molar-refractivity contribution in [1.29, 1.82) is 0 Å². The highest BCUT2D eigenvalue weighted by Crippen LogP contribution is 2.48. The van der Waals surface area contributed by atoms with Crippen molar-refractivity contribution in [2.24, 2.45) is 0 Å². The fraction of sp³-hybridized carbons (Fsp3) is 0.500. The summed E-state index contributed by atoms with van der Waals surface area (Å²) in [5, 5.41) is 0.682. The summed E-state index contributed by atoms with van der Waals surface area (Å²) >= 11 is 6.23. The molecule has 1 saturated heterocycles. The van der Waals surface area contributed by atoms with Crippen LogP contribution in [0, 0.1) is 0 Å². The summed E-state index contributed by atoms with van der Waals surface area (Å²) in [5.74, 6) is 0.932. The molecule has 1 saturated carbocycles. The van der Waals surface area contributed by atoms with Crippen molar-refractivity contribution in [2.45, 2.75) is 24.7 Å². The highest BCUT2D eigenvalue weighted by Gasteiger charge is 2.46. The molecule has 0 unspecified atom stereocenters. The lowest BCUT2D eigenvalue weighted by molar-refractivity contribution is -0.109. The van der Waals surface area contributed by atoms with Crippen LogP contribution in [0.1, 0.15) is 24.8 Å². The van der Waals surface area contributed by atoms with Crippen molar-refractivity contribution in [2.75, 3.05) is 18.0 Å². The van der Waals surface area contributed by atoms with Gasteiger partial charge in [0.15, 0.2) is 0 Å². The third-order valence-corrected chi connectivity index (χ3v) is 3.88. The number of anilines is 1. The molecule has 1 aliphatic carbocycles. The van der Waals surface area contributed by atoms with E-state index in [0.29, 0.717) is 5.02 Å². The monoisotopic (exact) mass is 236 g/mol. The topological polar surface area (TPSA) is 33.2 Å². The number of carbonyl (C=O) groups is 1. The minimum atomic E-state index is -0.322. The van der Waals surface area contributed by atoms with Crippen LogP contribution in [0.25, 0.3) is 0 Å². The van der Waals surface area contributed by atoms with E-state index in [9.17, 15) is 4.79 Å². The number of hydrogen-bond donors (Lipinski definition) is 0. The Hall–Kier alpha value is -1.09. The highest BCUT2D eigenvalue weighted by molar-refractivity contribution is 6.32. The summed E-state index contributed by atoms with van der Waals surface area (Å²) in [4.78, 5) is 17.6. The highest BCUT2D eigenvalue weighted by atomic mass is 35.5. The summed E-state index contributed by atoms with van der Waals surface area (Å²) in [6, 6.07) is 1.89. The van der Waals surface area contributed by atoms with Crippen LogP contribution in [0.3, 0.4) is 0 Å². The zero-order chi connectivity index (χ0) is 11.2. The molecular formula is C12H13ClN2O. The van der Waals surface area contributed by atoms with Crippen LogP contribution in [0.5, 0.6) is 0 Å². The molecule has 3 rings (SSSR count). The molecule has 1 aromatic heterocycles. The van der Waals surface area contributed by atoms with Crippen LogP contribution in [0.2, 0.25) is 5.02 Å². The van der Waals surface area contributed by atoms with Gasteiger partial charge >= 0.3 is 0 Å². The van der Waals surface area contributed by atoms with Gasteiger partial charge in [0.25, 0.3) is 0 Å². The maximum absolute atomic E-state index is 11.0. The lowest BCUT2D eigenvalue weighted by atomic mass is 9.99. The maximum Gasteiger partial charge on any atom is 0.130 e. The Morgan fingerprint density at radius 1 is 1.44 bits per heavy atom. The number of hydrogen-bond acceptors (Lipinski definition) is 3. The van der Waals surface area contributed by atoms with Crippen molar-refractivity contribution < 1.29 is 4.79 Å². The van der Waals surface area contributed by atoms with Gasteiger partial charge in [-0.05, 0) is 25.3 Å². The Morgan fingerprint density at radius 2 is 2.19 bits per heavy atom. The van der Waals surface area contributed by atoms with E-state index in [1.165, 1.54) is 6.42 Å². The van der Waals surface area contributed by atoms with E-state index in [-0.39, 0.29) is 5.41 Å². The standard InChI is InChI=1S/C12H13ClN2O/c13-10-6-11(15-4-1-5-15)14-7-9(10)12(8-16)2-3-12/h6-8H,1-5H2. The Bertz CT molecular complexity index is 439. The number of aldehydes is 1. The molecule has 0 radical (unpaired) electrons. The molecule has 4 heteroatoms. The fourth-order valence-corrected chi connectivity index (χ4v) is 2.43. The van der Waals surface area contributed by atoms with Crippen molar-refractivity contribution in [3.63, 3.8) is 0 Å². The first-order valence-corrected chi connectivity index (χ1v) is 6.00. The van der Waals surface area contributed by atoms with Gasteiger partial charge in [-0.3, -0.25) is 0 Å². The molecule has 2 heterocycles. The average Bonchev–Trinajstić information content (AvgIpc) is 2.96. The second-order valence-electron chi connectivity index (χ2n) is 4.64. The zero-order valence-corrected chi connectivity index (χ0v) is 9.70. The molecule has 2 aliphatic rings. The summed E-state index contributed by atoms with van der Waals surface area (Å²) in [6.45, 7) is 2.11. The molecular weight excluding hydrogens is 224 g/mol. The van der Waals surface area contributed by atoms with Gasteiger partial charge in [0.2, 0.25) is 0 Å². The van der Waals surface area contributed by atoms with Crippen molar-refractivity contribution in [1.82, 2.24) is 4.98 Å². The van der Waals surface area contributed by atoms with Gasteiger partial charge in [0.1, 0.15) is 12.1 Å². The van der Waals surface area contributed by atoms with E-state index in [1.54, 1.807) is 6.20 Å². The smallest absolute Gasteiger partial charge is 0.130 e. The van der Waals surface area contributed by atoms with Gasteiger partial charge < -0.3 is 9.69 Å². The van der Waals surface area contributed by atoms with Gasteiger partial charge in [-0.1, -0.05) is 11.6 Å². The molecule has 0 bridgehead atoms. The normalized spacial score (nSPS) is 21.4. The molecule has 0 atom stereocenters. The summed E-state index contributed by atoms with van der Waals surface area (Å²) in [5.41, 5.74) is 0.575. The Labute approximate surface area is 99.4 Å². The third kappa shape index (κ3) is 1.42. The van der Waals surface area contributed by atoms with Gasteiger partial charge in [0.05, 0.1) is 5.41 Å². The number of rotatable bonds is 3. The predicted octanol–water partition coefficient (Wildman–Crippen LogP) is 2.18. The van der Waals surface area contributed by atoms with Gasteiger partial charge in [-0.15, -0.1) is 0 Å². The second-order valence-corrected chi connectivity index (χ2v) is 5.04. The first kappa shape index (κ1) is 10.1. The molecule has 1 aromatic rings. The quantitative estimate of drug-likeness (QED) is 0.755. The van der Waals surface area contributed by atoms with Crippen LogP contribution in [-0.4, -0.2) is 24.4 Å². The van der Waals surface area contributed by atoms with Crippen LogP contribution in [0.15, 0.2) is 12.3 Å². The zero-order valence-electron chi connectivity index (χ0n) is 8.95. The van der Waals surface area contributed by atoms with Crippen molar-refractivity contribution >= 4 is 23.7 Å². The van der Waals surface area contributed by atoms with E-state index in [2.05, 4.69) is 9.88 Å². The largest absolute Gasteiger partial charge is 0.356 e. The SMILES string of the molecule is O=CC1(c2cnc(N3CCC3)cc2Cl)CC1. The average molecular weight is 237 g/mol.